The van der Waals surface area contributed by atoms with Crippen molar-refractivity contribution in [3.05, 3.63) is 65.7 Å². The van der Waals surface area contributed by atoms with Crippen LogP contribution in [0.3, 0.4) is 0 Å². The normalized spacial score (nSPS) is 9.42. The number of halogens is 1. The van der Waals surface area contributed by atoms with Crippen LogP contribution in [0.15, 0.2) is 48.5 Å². The van der Waals surface area contributed by atoms with Crippen LogP contribution < -0.4 is 21.7 Å². The zero-order valence-corrected chi connectivity index (χ0v) is 14.4. The first-order valence-corrected chi connectivity index (χ1v) is 5.94. The molecule has 0 saturated carbocycles. The van der Waals surface area contributed by atoms with E-state index in [-0.39, 0.29) is 40.0 Å². The third-order valence-corrected chi connectivity index (χ3v) is 2.71. The molecule has 3 heteroatoms. The van der Waals surface area contributed by atoms with Crippen molar-refractivity contribution in [3.63, 3.8) is 0 Å². The molecular formula is C16H17BrMgO. The summed E-state index contributed by atoms with van der Waals surface area (Å²) < 4.78 is 5.70. The molecule has 19 heavy (non-hydrogen) atoms. The summed E-state index contributed by atoms with van der Waals surface area (Å²) in [7, 11) is 0. The predicted molar refractivity (Wildman–Crippen MR) is 75.9 cm³/mol. The second-order valence-corrected chi connectivity index (χ2v) is 4.40. The van der Waals surface area contributed by atoms with Crippen LogP contribution in [0.1, 0.15) is 30.9 Å². The van der Waals surface area contributed by atoms with Gasteiger partial charge in [-0.3, -0.25) is 0 Å². The summed E-state index contributed by atoms with van der Waals surface area (Å²) >= 11 is 0. The van der Waals surface area contributed by atoms with Gasteiger partial charge in [0.1, 0.15) is 5.75 Å². The van der Waals surface area contributed by atoms with E-state index >= 15 is 0 Å². The van der Waals surface area contributed by atoms with Crippen LogP contribution in [0.5, 0.6) is 5.75 Å². The summed E-state index contributed by atoms with van der Waals surface area (Å²) in [6.07, 6.45) is 0. The van der Waals surface area contributed by atoms with E-state index < -0.39 is 0 Å². The van der Waals surface area contributed by atoms with Crippen LogP contribution in [0.25, 0.3) is 0 Å². The monoisotopic (exact) mass is 328 g/mol. The maximum Gasteiger partial charge on any atom is 2.00 e. The van der Waals surface area contributed by atoms with Gasteiger partial charge in [0.05, 0.1) is 6.61 Å². The van der Waals surface area contributed by atoms with Gasteiger partial charge in [-0.15, -0.1) is 5.56 Å². The van der Waals surface area contributed by atoms with Gasteiger partial charge < -0.3 is 21.7 Å². The van der Waals surface area contributed by atoms with Crippen molar-refractivity contribution in [1.82, 2.24) is 0 Å². The standard InChI is InChI=1S/C16H17O.BrH.Mg/c1-13(2)15-8-10-16(11-9-15)17-12-14-6-4-3-5-7-14;;/h3-6,8-11,13H,12H2,1-2H3;1H;/q-1;;+2/p-1. The minimum Gasteiger partial charge on any atom is -1.00 e. The maximum atomic E-state index is 5.70. The van der Waals surface area contributed by atoms with Crippen molar-refractivity contribution >= 4 is 23.1 Å². The minimum absolute atomic E-state index is 0. The van der Waals surface area contributed by atoms with Crippen LogP contribution in [0.4, 0.5) is 0 Å². The summed E-state index contributed by atoms with van der Waals surface area (Å²) in [5.41, 5.74) is 2.41. The van der Waals surface area contributed by atoms with Crippen LogP contribution in [0.2, 0.25) is 0 Å². The molecule has 0 aliphatic heterocycles. The summed E-state index contributed by atoms with van der Waals surface area (Å²) in [6, 6.07) is 19.3. The van der Waals surface area contributed by atoms with Crippen molar-refractivity contribution in [2.75, 3.05) is 0 Å². The van der Waals surface area contributed by atoms with Crippen molar-refractivity contribution < 1.29 is 21.7 Å². The quantitative estimate of drug-likeness (QED) is 0.596. The molecule has 0 heterocycles. The van der Waals surface area contributed by atoms with Gasteiger partial charge in [-0.1, -0.05) is 26.0 Å². The van der Waals surface area contributed by atoms with Crippen LogP contribution in [-0.4, -0.2) is 23.1 Å². The SMILES string of the molecule is CC(C)c1ccc(OCc2[c-]cccc2)cc1.[Br-].[Mg+2]. The topological polar surface area (TPSA) is 9.23 Å². The molecule has 0 saturated heterocycles. The van der Waals surface area contributed by atoms with Gasteiger partial charge in [0.15, 0.2) is 0 Å². The molecule has 2 aromatic rings. The Kier molecular flexibility index (Phi) is 9.15. The molecule has 0 radical (unpaired) electrons. The Hall–Kier alpha value is -0.514. The Morgan fingerprint density at radius 3 is 2.26 bits per heavy atom. The number of rotatable bonds is 4. The Balaban J connectivity index is 0.00000162. The van der Waals surface area contributed by atoms with Gasteiger partial charge in [-0.2, -0.15) is 30.3 Å². The minimum atomic E-state index is 0. The zero-order valence-electron chi connectivity index (χ0n) is 11.4. The molecule has 0 atom stereocenters. The molecule has 96 valence electrons. The predicted octanol–water partition coefficient (Wildman–Crippen LogP) is 0.812. The molecule has 0 N–H and O–H groups in total. The first-order valence-electron chi connectivity index (χ1n) is 5.94. The first kappa shape index (κ1) is 18.5. The number of benzene rings is 2. The fourth-order valence-corrected chi connectivity index (χ4v) is 1.63. The number of ether oxygens (including phenoxy) is 1. The van der Waals surface area contributed by atoms with E-state index in [1.54, 1.807) is 0 Å². The van der Waals surface area contributed by atoms with Gasteiger partial charge in [0.25, 0.3) is 0 Å². The van der Waals surface area contributed by atoms with E-state index in [1.165, 1.54) is 5.56 Å². The zero-order chi connectivity index (χ0) is 12.1. The van der Waals surface area contributed by atoms with Crippen LogP contribution in [-0.2, 0) is 6.61 Å². The molecule has 0 bridgehead atoms. The fraction of sp³-hybridized carbons (Fsp3) is 0.250. The van der Waals surface area contributed by atoms with Gasteiger partial charge in [-0.05, 0) is 23.6 Å². The molecule has 0 amide bonds. The summed E-state index contributed by atoms with van der Waals surface area (Å²) in [4.78, 5) is 0. The molecule has 0 fully saturated rings. The van der Waals surface area contributed by atoms with E-state index in [4.69, 9.17) is 4.74 Å². The van der Waals surface area contributed by atoms with Crippen LogP contribution in [0, 0.1) is 6.07 Å². The number of hydrogen-bond acceptors (Lipinski definition) is 1. The fourth-order valence-electron chi connectivity index (χ4n) is 1.63. The summed E-state index contributed by atoms with van der Waals surface area (Å²) in [5, 5.41) is 0. The molecular weight excluding hydrogens is 312 g/mol. The Morgan fingerprint density at radius 2 is 1.74 bits per heavy atom. The molecule has 0 unspecified atom stereocenters. The van der Waals surface area contributed by atoms with E-state index in [9.17, 15) is 0 Å². The maximum absolute atomic E-state index is 5.70. The molecule has 0 aliphatic rings. The van der Waals surface area contributed by atoms with Crippen LogP contribution >= 0.6 is 0 Å². The van der Waals surface area contributed by atoms with E-state index in [1.807, 2.05) is 36.4 Å². The third kappa shape index (κ3) is 5.98. The third-order valence-electron chi connectivity index (χ3n) is 2.71. The average Bonchev–Trinajstić information content (AvgIpc) is 2.38. The first-order chi connectivity index (χ1) is 8.25. The molecule has 1 nitrogen and oxygen atoms in total. The Labute approximate surface area is 142 Å². The second-order valence-electron chi connectivity index (χ2n) is 4.40. The molecule has 0 aromatic heterocycles. The molecule has 2 rings (SSSR count). The second kappa shape index (κ2) is 9.40. The van der Waals surface area contributed by atoms with Crippen molar-refractivity contribution in [3.8, 4) is 5.75 Å². The Morgan fingerprint density at radius 1 is 1.05 bits per heavy atom. The molecule has 0 aliphatic carbocycles. The molecule has 0 spiro atoms. The largest absolute Gasteiger partial charge is 2.00 e. The van der Waals surface area contributed by atoms with Crippen molar-refractivity contribution in [2.24, 2.45) is 0 Å². The van der Waals surface area contributed by atoms with E-state index in [0.717, 1.165) is 11.3 Å². The Bertz CT molecular complexity index is 454. The van der Waals surface area contributed by atoms with Gasteiger partial charge in [-0.25, -0.2) is 0 Å². The van der Waals surface area contributed by atoms with E-state index in [2.05, 4.69) is 32.0 Å². The number of hydrogen-bond donors (Lipinski definition) is 0. The van der Waals surface area contributed by atoms with Crippen molar-refractivity contribution in [2.45, 2.75) is 26.4 Å². The van der Waals surface area contributed by atoms with Crippen molar-refractivity contribution in [1.29, 1.82) is 0 Å². The average molecular weight is 330 g/mol. The van der Waals surface area contributed by atoms with Gasteiger partial charge in [0, 0.05) is 0 Å². The van der Waals surface area contributed by atoms with Gasteiger partial charge in [0.2, 0.25) is 0 Å². The smallest absolute Gasteiger partial charge is 1.00 e. The molecule has 2 aromatic carbocycles. The summed E-state index contributed by atoms with van der Waals surface area (Å²) in [6.45, 7) is 4.95. The summed E-state index contributed by atoms with van der Waals surface area (Å²) in [5.74, 6) is 1.47. The van der Waals surface area contributed by atoms with Gasteiger partial charge >= 0.3 is 23.1 Å². The van der Waals surface area contributed by atoms with E-state index in [0.29, 0.717) is 12.5 Å².